The second-order valence-electron chi connectivity index (χ2n) is 6.62. The average molecular weight is 433 g/mol. The van der Waals surface area contributed by atoms with Crippen molar-refractivity contribution in [2.24, 2.45) is 0 Å². The van der Waals surface area contributed by atoms with Crippen LogP contribution in [0.25, 0.3) is 11.4 Å². The van der Waals surface area contributed by atoms with E-state index in [1.165, 1.54) is 4.31 Å². The Balaban J connectivity index is 1.29. The molecule has 0 aliphatic carbocycles. The molecule has 1 aromatic carbocycles. The van der Waals surface area contributed by atoms with Gasteiger partial charge in [0.15, 0.2) is 0 Å². The van der Waals surface area contributed by atoms with Gasteiger partial charge in [0, 0.05) is 50.0 Å². The summed E-state index contributed by atoms with van der Waals surface area (Å²) in [5.74, 6) is 0.898. The number of aromatic nitrogens is 2. The zero-order valence-corrected chi connectivity index (χ0v) is 17.2. The van der Waals surface area contributed by atoms with Gasteiger partial charge >= 0.3 is 0 Å². The van der Waals surface area contributed by atoms with E-state index in [9.17, 15) is 13.2 Å². The maximum Gasteiger partial charge on any atom is 0.243 e. The van der Waals surface area contributed by atoms with Gasteiger partial charge in [0.2, 0.25) is 27.6 Å². The Morgan fingerprint density at radius 3 is 2.55 bits per heavy atom. The van der Waals surface area contributed by atoms with E-state index in [4.69, 9.17) is 4.52 Å². The summed E-state index contributed by atoms with van der Waals surface area (Å²) in [4.78, 5) is 18.8. The van der Waals surface area contributed by atoms with Gasteiger partial charge in [0.25, 0.3) is 0 Å². The summed E-state index contributed by atoms with van der Waals surface area (Å²) >= 11 is 1.55. The number of amides is 1. The number of sulfonamides is 1. The average Bonchev–Trinajstić information content (AvgIpc) is 3.44. The second-order valence-corrected chi connectivity index (χ2v) is 9.34. The molecule has 1 fully saturated rings. The normalized spacial score (nSPS) is 15.5. The number of hydrogen-bond donors (Lipinski definition) is 0. The molecule has 8 nitrogen and oxygen atoms in total. The molecule has 0 N–H and O–H groups in total. The quantitative estimate of drug-likeness (QED) is 0.593. The van der Waals surface area contributed by atoms with Gasteiger partial charge in [-0.3, -0.25) is 4.79 Å². The molecule has 152 valence electrons. The van der Waals surface area contributed by atoms with Crippen molar-refractivity contribution < 1.29 is 17.7 Å². The monoisotopic (exact) mass is 432 g/mol. The molecule has 0 unspecified atom stereocenters. The van der Waals surface area contributed by atoms with Crippen LogP contribution in [0.2, 0.25) is 0 Å². The van der Waals surface area contributed by atoms with E-state index in [2.05, 4.69) is 10.1 Å². The SMILES string of the molecule is O=C(CCc1nc(-c2ccsc2)no1)N1CCN(S(=O)(=O)c2ccccc2)CC1. The lowest BCUT2D eigenvalue weighted by Crippen LogP contribution is -2.50. The number of nitrogens with zero attached hydrogens (tertiary/aromatic N) is 4. The molecular weight excluding hydrogens is 412 g/mol. The Bertz CT molecular complexity index is 1060. The number of carbonyl (C=O) groups excluding carboxylic acids is 1. The standard InChI is InChI=1S/C19H20N4O4S2/c24-18(7-6-17-20-19(21-27-17)15-8-13-28-14-15)22-9-11-23(12-10-22)29(25,26)16-4-2-1-3-5-16/h1-5,8,13-14H,6-7,9-12H2. The summed E-state index contributed by atoms with van der Waals surface area (Å²) in [6.45, 7) is 1.31. The van der Waals surface area contributed by atoms with Gasteiger partial charge in [-0.1, -0.05) is 23.4 Å². The van der Waals surface area contributed by atoms with Crippen molar-refractivity contribution in [3.05, 3.63) is 53.0 Å². The summed E-state index contributed by atoms with van der Waals surface area (Å²) in [5.41, 5.74) is 0.895. The largest absolute Gasteiger partial charge is 0.340 e. The minimum absolute atomic E-state index is 0.0444. The smallest absolute Gasteiger partial charge is 0.243 e. The van der Waals surface area contributed by atoms with Crippen LogP contribution in [-0.4, -0.2) is 59.8 Å². The van der Waals surface area contributed by atoms with Crippen molar-refractivity contribution in [2.75, 3.05) is 26.2 Å². The third kappa shape index (κ3) is 4.39. The number of hydrogen-bond acceptors (Lipinski definition) is 7. The first-order chi connectivity index (χ1) is 14.0. The van der Waals surface area contributed by atoms with Crippen molar-refractivity contribution in [1.82, 2.24) is 19.3 Å². The fourth-order valence-electron chi connectivity index (χ4n) is 3.16. The maximum atomic E-state index is 12.7. The van der Waals surface area contributed by atoms with E-state index in [-0.39, 0.29) is 30.3 Å². The van der Waals surface area contributed by atoms with E-state index in [1.54, 1.807) is 46.6 Å². The van der Waals surface area contributed by atoms with Crippen LogP contribution < -0.4 is 0 Å². The number of rotatable bonds is 6. The number of benzene rings is 1. The van der Waals surface area contributed by atoms with Crippen molar-refractivity contribution in [3.8, 4) is 11.4 Å². The molecule has 0 atom stereocenters. The molecule has 29 heavy (non-hydrogen) atoms. The topological polar surface area (TPSA) is 96.6 Å². The van der Waals surface area contributed by atoms with Gasteiger partial charge in [-0.2, -0.15) is 20.6 Å². The predicted molar refractivity (Wildman–Crippen MR) is 108 cm³/mol. The van der Waals surface area contributed by atoms with Crippen molar-refractivity contribution in [3.63, 3.8) is 0 Å². The number of aryl methyl sites for hydroxylation is 1. The lowest BCUT2D eigenvalue weighted by Gasteiger charge is -2.34. The Morgan fingerprint density at radius 1 is 1.10 bits per heavy atom. The number of carbonyl (C=O) groups is 1. The minimum Gasteiger partial charge on any atom is -0.340 e. The summed E-state index contributed by atoms with van der Waals surface area (Å²) in [6, 6.07) is 10.3. The number of piperazine rings is 1. The van der Waals surface area contributed by atoms with Crippen LogP contribution in [0.5, 0.6) is 0 Å². The van der Waals surface area contributed by atoms with Gasteiger partial charge < -0.3 is 9.42 Å². The van der Waals surface area contributed by atoms with Crippen LogP contribution in [0.3, 0.4) is 0 Å². The van der Waals surface area contributed by atoms with E-state index >= 15 is 0 Å². The highest BCUT2D eigenvalue weighted by Crippen LogP contribution is 2.20. The van der Waals surface area contributed by atoms with Crippen LogP contribution in [0.15, 0.2) is 56.6 Å². The maximum absolute atomic E-state index is 12.7. The fourth-order valence-corrected chi connectivity index (χ4v) is 5.23. The Kier molecular flexibility index (Phi) is 5.74. The summed E-state index contributed by atoms with van der Waals surface area (Å²) in [7, 11) is -3.52. The highest BCUT2D eigenvalue weighted by atomic mass is 32.2. The highest BCUT2D eigenvalue weighted by Gasteiger charge is 2.30. The first-order valence-corrected chi connectivity index (χ1v) is 11.6. The molecule has 3 aromatic rings. The molecule has 3 heterocycles. The molecule has 1 aliphatic rings. The molecule has 0 spiro atoms. The van der Waals surface area contributed by atoms with Crippen LogP contribution in [0, 0.1) is 0 Å². The summed E-state index contributed by atoms with van der Waals surface area (Å²) < 4.78 is 32.0. The van der Waals surface area contributed by atoms with Crippen LogP contribution in [0.4, 0.5) is 0 Å². The van der Waals surface area contributed by atoms with Gasteiger partial charge in [-0.15, -0.1) is 0 Å². The molecule has 10 heteroatoms. The van der Waals surface area contributed by atoms with Gasteiger partial charge in [0.05, 0.1) is 4.90 Å². The first kappa shape index (κ1) is 19.7. The Morgan fingerprint density at radius 2 is 1.86 bits per heavy atom. The molecule has 1 amide bonds. The third-order valence-corrected chi connectivity index (χ3v) is 7.37. The summed E-state index contributed by atoms with van der Waals surface area (Å²) in [6.07, 6.45) is 0.606. The molecule has 4 rings (SSSR count). The molecule has 1 aliphatic heterocycles. The molecule has 1 saturated heterocycles. The van der Waals surface area contributed by atoms with Gasteiger partial charge in [-0.25, -0.2) is 8.42 Å². The Hall–Kier alpha value is -2.56. The summed E-state index contributed by atoms with van der Waals surface area (Å²) in [5, 5.41) is 7.81. The van der Waals surface area contributed by atoms with Crippen LogP contribution in [0.1, 0.15) is 12.3 Å². The zero-order valence-electron chi connectivity index (χ0n) is 15.6. The van der Waals surface area contributed by atoms with E-state index in [1.807, 2.05) is 16.8 Å². The highest BCUT2D eigenvalue weighted by molar-refractivity contribution is 7.89. The van der Waals surface area contributed by atoms with E-state index in [0.717, 1.165) is 5.56 Å². The second kappa shape index (κ2) is 8.44. The zero-order chi connectivity index (χ0) is 20.3. The minimum atomic E-state index is -3.52. The Labute approximate surface area is 172 Å². The van der Waals surface area contributed by atoms with Crippen LogP contribution in [-0.2, 0) is 21.2 Å². The predicted octanol–water partition coefficient (Wildman–Crippen LogP) is 2.26. The lowest BCUT2D eigenvalue weighted by atomic mass is 10.2. The molecule has 2 aromatic heterocycles. The van der Waals surface area contributed by atoms with Crippen molar-refractivity contribution in [1.29, 1.82) is 0 Å². The molecular formula is C19H20N4O4S2. The van der Waals surface area contributed by atoms with Crippen LogP contribution >= 0.6 is 11.3 Å². The lowest BCUT2D eigenvalue weighted by molar-refractivity contribution is -0.132. The number of thiophene rings is 1. The first-order valence-electron chi connectivity index (χ1n) is 9.22. The van der Waals surface area contributed by atoms with E-state index in [0.29, 0.717) is 31.2 Å². The van der Waals surface area contributed by atoms with Gasteiger partial charge in [-0.05, 0) is 23.6 Å². The molecule has 0 saturated carbocycles. The fraction of sp³-hybridized carbons (Fsp3) is 0.316. The van der Waals surface area contributed by atoms with Gasteiger partial charge in [0.1, 0.15) is 0 Å². The third-order valence-electron chi connectivity index (χ3n) is 4.77. The van der Waals surface area contributed by atoms with Crippen molar-refractivity contribution in [2.45, 2.75) is 17.7 Å². The van der Waals surface area contributed by atoms with Crippen molar-refractivity contribution >= 4 is 27.3 Å². The molecule has 0 radical (unpaired) electrons. The van der Waals surface area contributed by atoms with E-state index < -0.39 is 10.0 Å². The molecule has 0 bridgehead atoms.